The lowest BCUT2D eigenvalue weighted by Gasteiger charge is -2.21. The van der Waals surface area contributed by atoms with Crippen molar-refractivity contribution in [1.29, 1.82) is 0 Å². The van der Waals surface area contributed by atoms with Crippen LogP contribution in [0.25, 0.3) is 0 Å². The van der Waals surface area contributed by atoms with E-state index in [2.05, 4.69) is 13.2 Å². The Balaban J connectivity index is 0.000000593. The van der Waals surface area contributed by atoms with E-state index < -0.39 is 6.29 Å². The molecule has 3 nitrogen and oxygen atoms in total. The molecule has 0 aliphatic rings. The molecule has 3 heteroatoms. The van der Waals surface area contributed by atoms with Gasteiger partial charge in [0.2, 0.25) is 0 Å². The molecule has 0 aliphatic carbocycles. The largest absolute Gasteiger partial charge is 0.399 e. The molecular formula is C20H25NO2. The molecule has 2 rings (SSSR count). The van der Waals surface area contributed by atoms with Crippen LogP contribution >= 0.6 is 0 Å². The first-order chi connectivity index (χ1) is 11.0. The lowest BCUT2D eigenvalue weighted by atomic mass is 10.00. The molecule has 2 aromatic rings. The molecule has 0 spiro atoms. The summed E-state index contributed by atoms with van der Waals surface area (Å²) < 4.78 is 5.62. The Morgan fingerprint density at radius 3 is 1.78 bits per heavy atom. The molecule has 23 heavy (non-hydrogen) atoms. The highest BCUT2D eigenvalue weighted by Gasteiger charge is 2.16. The molecule has 0 fully saturated rings. The van der Waals surface area contributed by atoms with Crippen LogP contribution in [-0.4, -0.2) is 11.4 Å². The van der Waals surface area contributed by atoms with Crippen molar-refractivity contribution in [3.05, 3.63) is 90.5 Å². The van der Waals surface area contributed by atoms with Gasteiger partial charge >= 0.3 is 0 Å². The number of rotatable bonds is 5. The fourth-order valence-electron chi connectivity index (χ4n) is 1.96. The van der Waals surface area contributed by atoms with Crippen molar-refractivity contribution in [1.82, 2.24) is 0 Å². The normalized spacial score (nSPS) is 12.5. The molecule has 2 unspecified atom stereocenters. The zero-order valence-corrected chi connectivity index (χ0v) is 13.8. The minimum absolute atomic E-state index is 0.291. The predicted molar refractivity (Wildman–Crippen MR) is 97.0 cm³/mol. The van der Waals surface area contributed by atoms with Gasteiger partial charge in [-0.1, -0.05) is 67.3 Å². The van der Waals surface area contributed by atoms with Crippen LogP contribution in [0, 0.1) is 6.92 Å². The third-order valence-electron chi connectivity index (χ3n) is 3.12. The van der Waals surface area contributed by atoms with Gasteiger partial charge in [0.1, 0.15) is 6.10 Å². The molecule has 0 bridgehead atoms. The molecule has 0 saturated heterocycles. The third-order valence-corrected chi connectivity index (χ3v) is 3.12. The van der Waals surface area contributed by atoms with Crippen molar-refractivity contribution < 1.29 is 9.84 Å². The van der Waals surface area contributed by atoms with Gasteiger partial charge in [-0.15, -0.1) is 0 Å². The van der Waals surface area contributed by atoms with Crippen molar-refractivity contribution >= 4 is 5.69 Å². The lowest BCUT2D eigenvalue weighted by Crippen LogP contribution is -2.14. The van der Waals surface area contributed by atoms with Crippen molar-refractivity contribution in [2.45, 2.75) is 26.2 Å². The number of anilines is 1. The number of allylic oxidation sites excluding steroid dienone is 2. The Hall–Kier alpha value is -2.36. The zero-order chi connectivity index (χ0) is 17.2. The molecule has 0 aliphatic heterocycles. The summed E-state index contributed by atoms with van der Waals surface area (Å²) in [5.74, 6) is 0. The average Bonchev–Trinajstić information content (AvgIpc) is 2.54. The van der Waals surface area contributed by atoms with Crippen LogP contribution in [-0.2, 0) is 4.74 Å². The topological polar surface area (TPSA) is 55.5 Å². The van der Waals surface area contributed by atoms with E-state index >= 15 is 0 Å². The van der Waals surface area contributed by atoms with E-state index in [9.17, 15) is 5.11 Å². The van der Waals surface area contributed by atoms with E-state index in [-0.39, 0.29) is 6.10 Å². The summed E-state index contributed by atoms with van der Waals surface area (Å²) in [6, 6.07) is 15.6. The first-order valence-corrected chi connectivity index (χ1v) is 7.47. The number of aliphatic hydroxyl groups is 1. The molecule has 0 radical (unpaired) electrons. The van der Waals surface area contributed by atoms with E-state index in [0.29, 0.717) is 5.69 Å². The van der Waals surface area contributed by atoms with Crippen molar-refractivity contribution in [2.24, 2.45) is 0 Å². The Morgan fingerprint density at radius 2 is 1.39 bits per heavy atom. The third kappa shape index (κ3) is 6.51. The van der Waals surface area contributed by atoms with Gasteiger partial charge in [-0.3, -0.25) is 0 Å². The molecule has 0 saturated carbocycles. The summed E-state index contributed by atoms with van der Waals surface area (Å²) in [5, 5.41) is 9.51. The summed E-state index contributed by atoms with van der Waals surface area (Å²) in [7, 11) is 0. The minimum Gasteiger partial charge on any atom is -0.399 e. The van der Waals surface area contributed by atoms with Gasteiger partial charge in [0, 0.05) is 5.69 Å². The Bertz CT molecular complexity index is 549. The fourth-order valence-corrected chi connectivity index (χ4v) is 1.96. The number of ether oxygens (including phenoxy) is 1. The Labute approximate surface area is 138 Å². The number of hydrogen-bond acceptors (Lipinski definition) is 3. The standard InChI is InChI=1S/C16H19NO2.C4H6/c1-11-3-5-13(6-4-11)16(19-12(2)18)14-7-9-15(17)10-8-14;1-3-4-2/h3-10,12,16,18H,17H2,1-2H3;3-4H,1-2H2. The monoisotopic (exact) mass is 311 g/mol. The van der Waals surface area contributed by atoms with Crippen molar-refractivity contribution in [3.8, 4) is 0 Å². The number of aryl methyl sites for hydroxylation is 1. The van der Waals surface area contributed by atoms with Crippen LogP contribution in [0.4, 0.5) is 5.69 Å². The molecule has 0 amide bonds. The first-order valence-electron chi connectivity index (χ1n) is 7.47. The van der Waals surface area contributed by atoms with Crippen LogP contribution in [0.3, 0.4) is 0 Å². The molecule has 0 aromatic heterocycles. The van der Waals surface area contributed by atoms with Crippen LogP contribution < -0.4 is 5.73 Å². The number of nitrogen functional groups attached to an aromatic ring is 1. The highest BCUT2D eigenvalue weighted by atomic mass is 16.6. The summed E-state index contributed by atoms with van der Waals surface area (Å²) in [4.78, 5) is 0. The van der Waals surface area contributed by atoms with Crippen LogP contribution in [0.1, 0.15) is 29.7 Å². The van der Waals surface area contributed by atoms with Gasteiger partial charge in [-0.25, -0.2) is 0 Å². The minimum atomic E-state index is -0.830. The SMILES string of the molecule is C=CC=C.Cc1ccc(C(OC(C)O)c2ccc(N)cc2)cc1. The van der Waals surface area contributed by atoms with Gasteiger partial charge in [0.05, 0.1) is 0 Å². The van der Waals surface area contributed by atoms with Crippen LogP contribution in [0.2, 0.25) is 0 Å². The van der Waals surface area contributed by atoms with E-state index in [1.165, 1.54) is 5.56 Å². The number of benzene rings is 2. The van der Waals surface area contributed by atoms with Crippen molar-refractivity contribution in [2.75, 3.05) is 5.73 Å². The summed E-state index contributed by atoms with van der Waals surface area (Å²) in [6.45, 7) is 10.4. The zero-order valence-electron chi connectivity index (χ0n) is 13.8. The predicted octanol–water partition coefficient (Wildman–Crippen LogP) is 4.38. The number of aliphatic hydroxyl groups excluding tert-OH is 1. The van der Waals surface area contributed by atoms with E-state index in [1.807, 2.05) is 55.5 Å². The van der Waals surface area contributed by atoms with Gasteiger partial charge < -0.3 is 15.6 Å². The van der Waals surface area contributed by atoms with E-state index in [4.69, 9.17) is 10.5 Å². The highest BCUT2D eigenvalue weighted by Crippen LogP contribution is 2.27. The Kier molecular flexibility index (Phi) is 7.81. The number of hydrogen-bond donors (Lipinski definition) is 2. The summed E-state index contributed by atoms with van der Waals surface area (Å²) in [5.41, 5.74) is 9.58. The summed E-state index contributed by atoms with van der Waals surface area (Å²) in [6.07, 6.45) is 2.16. The van der Waals surface area contributed by atoms with Gasteiger partial charge in [0.25, 0.3) is 0 Å². The quantitative estimate of drug-likeness (QED) is 0.489. The van der Waals surface area contributed by atoms with E-state index in [0.717, 1.165) is 11.1 Å². The fraction of sp³-hybridized carbons (Fsp3) is 0.200. The second-order valence-corrected chi connectivity index (χ2v) is 5.16. The van der Waals surface area contributed by atoms with Crippen LogP contribution in [0.5, 0.6) is 0 Å². The van der Waals surface area contributed by atoms with Gasteiger partial charge in [-0.05, 0) is 37.1 Å². The van der Waals surface area contributed by atoms with Crippen LogP contribution in [0.15, 0.2) is 73.8 Å². The highest BCUT2D eigenvalue weighted by molar-refractivity contribution is 5.42. The second kappa shape index (κ2) is 9.62. The second-order valence-electron chi connectivity index (χ2n) is 5.16. The smallest absolute Gasteiger partial charge is 0.153 e. The maximum atomic E-state index is 9.51. The first kappa shape index (κ1) is 18.7. The molecule has 0 heterocycles. The van der Waals surface area contributed by atoms with Crippen molar-refractivity contribution in [3.63, 3.8) is 0 Å². The van der Waals surface area contributed by atoms with E-state index in [1.54, 1.807) is 19.1 Å². The average molecular weight is 311 g/mol. The maximum Gasteiger partial charge on any atom is 0.153 e. The summed E-state index contributed by atoms with van der Waals surface area (Å²) >= 11 is 0. The van der Waals surface area contributed by atoms with Gasteiger partial charge in [0.15, 0.2) is 6.29 Å². The lowest BCUT2D eigenvalue weighted by molar-refractivity contribution is -0.113. The molecule has 2 atom stereocenters. The molecule has 2 aromatic carbocycles. The van der Waals surface area contributed by atoms with Gasteiger partial charge in [-0.2, -0.15) is 0 Å². The molecule has 3 N–H and O–H groups in total. The Morgan fingerprint density at radius 1 is 0.957 bits per heavy atom. The molecule has 122 valence electrons. The molecular weight excluding hydrogens is 286 g/mol. The maximum absolute atomic E-state index is 9.51. The number of nitrogens with two attached hydrogens (primary N) is 1.